The second-order valence-corrected chi connectivity index (χ2v) is 5.14. The lowest BCUT2D eigenvalue weighted by molar-refractivity contribution is 0.755. The minimum atomic E-state index is 0.237. The van der Waals surface area contributed by atoms with Crippen molar-refractivity contribution in [3.05, 3.63) is 16.1 Å². The molecule has 1 fully saturated rings. The van der Waals surface area contributed by atoms with Crippen molar-refractivity contribution in [1.82, 2.24) is 9.97 Å². The first-order valence-electron chi connectivity index (χ1n) is 4.63. The summed E-state index contributed by atoms with van der Waals surface area (Å²) in [5.41, 5.74) is 0. The lowest BCUT2D eigenvalue weighted by atomic mass is 10.2. The molecule has 1 heterocycles. The van der Waals surface area contributed by atoms with Crippen molar-refractivity contribution >= 4 is 40.0 Å². The summed E-state index contributed by atoms with van der Waals surface area (Å²) < 4.78 is 1.04. The van der Waals surface area contributed by atoms with E-state index in [0.29, 0.717) is 6.04 Å². The van der Waals surface area contributed by atoms with Gasteiger partial charge in [-0.2, -0.15) is 0 Å². The number of aromatic nitrogens is 2. The van der Waals surface area contributed by atoms with Crippen molar-refractivity contribution < 1.29 is 0 Å². The Bertz CT molecular complexity index is 321. The van der Waals surface area contributed by atoms with E-state index in [-0.39, 0.29) is 5.38 Å². The fraction of sp³-hybridized carbons (Fsp3) is 0.556. The number of rotatable bonds is 2. The van der Waals surface area contributed by atoms with Crippen molar-refractivity contribution in [2.45, 2.75) is 30.7 Å². The number of hydrogen-bond acceptors (Lipinski definition) is 3. The van der Waals surface area contributed by atoms with Gasteiger partial charge < -0.3 is 5.32 Å². The minimum Gasteiger partial charge on any atom is -0.365 e. The predicted octanol–water partition coefficient (Wildman–Crippen LogP) is 2.65. The van der Waals surface area contributed by atoms with Crippen LogP contribution in [0.25, 0.3) is 0 Å². The molecule has 0 aliphatic heterocycles. The molecule has 0 spiro atoms. The summed E-state index contributed by atoms with van der Waals surface area (Å²) in [6.07, 6.45) is 6.79. The monoisotopic (exact) mass is 323 g/mol. The number of anilines is 1. The molecule has 1 aliphatic carbocycles. The maximum absolute atomic E-state index is 6.17. The van der Waals surface area contributed by atoms with Crippen molar-refractivity contribution in [1.29, 1.82) is 0 Å². The Morgan fingerprint density at radius 2 is 2.36 bits per heavy atom. The highest BCUT2D eigenvalue weighted by molar-refractivity contribution is 14.1. The quantitative estimate of drug-likeness (QED) is 0.672. The molecule has 2 atom stereocenters. The van der Waals surface area contributed by atoms with Crippen LogP contribution in [-0.4, -0.2) is 21.4 Å². The van der Waals surface area contributed by atoms with E-state index in [1.54, 1.807) is 12.5 Å². The zero-order valence-electron chi connectivity index (χ0n) is 7.58. The summed E-state index contributed by atoms with van der Waals surface area (Å²) in [6, 6.07) is 0.361. The van der Waals surface area contributed by atoms with Crippen molar-refractivity contribution in [3.8, 4) is 0 Å². The van der Waals surface area contributed by atoms with Crippen LogP contribution in [0.4, 0.5) is 5.82 Å². The van der Waals surface area contributed by atoms with Gasteiger partial charge in [0.2, 0.25) is 0 Å². The summed E-state index contributed by atoms with van der Waals surface area (Å²) in [4.78, 5) is 8.13. The van der Waals surface area contributed by atoms with Crippen molar-refractivity contribution in [2.24, 2.45) is 0 Å². The molecule has 0 amide bonds. The smallest absolute Gasteiger partial charge is 0.143 e. The Balaban J connectivity index is 2.07. The largest absolute Gasteiger partial charge is 0.365 e. The third-order valence-electron chi connectivity index (χ3n) is 2.42. The van der Waals surface area contributed by atoms with E-state index in [4.69, 9.17) is 11.6 Å². The average molecular weight is 324 g/mol. The standard InChI is InChI=1S/C9H11ClIN3/c10-6-2-1-3-8(6)14-9-7(11)4-12-5-13-9/h4-6,8H,1-3H2,(H,12,13,14). The molecule has 2 rings (SSSR count). The van der Waals surface area contributed by atoms with Crippen molar-refractivity contribution in [3.63, 3.8) is 0 Å². The molecule has 2 unspecified atom stereocenters. The van der Waals surface area contributed by atoms with E-state index in [2.05, 4.69) is 37.9 Å². The maximum Gasteiger partial charge on any atom is 0.143 e. The van der Waals surface area contributed by atoms with Crippen LogP contribution in [0.2, 0.25) is 0 Å². The highest BCUT2D eigenvalue weighted by Gasteiger charge is 2.25. The zero-order chi connectivity index (χ0) is 9.97. The fourth-order valence-electron chi connectivity index (χ4n) is 1.67. The van der Waals surface area contributed by atoms with Crippen LogP contribution >= 0.6 is 34.2 Å². The number of nitrogens with zero attached hydrogens (tertiary/aromatic N) is 2. The van der Waals surface area contributed by atoms with E-state index in [0.717, 1.165) is 22.2 Å². The van der Waals surface area contributed by atoms with Gasteiger partial charge in [-0.3, -0.25) is 0 Å². The normalized spacial score (nSPS) is 26.4. The third-order valence-corrected chi connectivity index (χ3v) is 3.73. The summed E-state index contributed by atoms with van der Waals surface area (Å²) >= 11 is 8.40. The number of hydrogen-bond donors (Lipinski definition) is 1. The summed E-state index contributed by atoms with van der Waals surface area (Å²) in [6.45, 7) is 0. The van der Waals surface area contributed by atoms with Crippen LogP contribution in [0.3, 0.4) is 0 Å². The molecular weight excluding hydrogens is 312 g/mol. The molecule has 76 valence electrons. The Morgan fingerprint density at radius 1 is 1.50 bits per heavy atom. The van der Waals surface area contributed by atoms with E-state index < -0.39 is 0 Å². The summed E-state index contributed by atoms with van der Waals surface area (Å²) in [7, 11) is 0. The third kappa shape index (κ3) is 2.28. The molecule has 1 aromatic heterocycles. The fourth-order valence-corrected chi connectivity index (χ4v) is 2.47. The van der Waals surface area contributed by atoms with Crippen LogP contribution in [0, 0.1) is 3.57 Å². The second kappa shape index (κ2) is 4.61. The molecule has 0 radical (unpaired) electrons. The topological polar surface area (TPSA) is 37.8 Å². The minimum absolute atomic E-state index is 0.237. The first-order valence-corrected chi connectivity index (χ1v) is 6.15. The lowest BCUT2D eigenvalue weighted by Gasteiger charge is -2.16. The summed E-state index contributed by atoms with van der Waals surface area (Å²) in [5.74, 6) is 0.901. The molecule has 1 aromatic rings. The van der Waals surface area contributed by atoms with Gasteiger partial charge in [-0.1, -0.05) is 0 Å². The van der Waals surface area contributed by atoms with Gasteiger partial charge in [-0.15, -0.1) is 11.6 Å². The Morgan fingerprint density at radius 3 is 3.00 bits per heavy atom. The lowest BCUT2D eigenvalue weighted by Crippen LogP contribution is -2.25. The Labute approximate surface area is 102 Å². The molecule has 5 heteroatoms. The Kier molecular flexibility index (Phi) is 3.43. The average Bonchev–Trinajstić information content (AvgIpc) is 2.56. The second-order valence-electron chi connectivity index (χ2n) is 3.42. The van der Waals surface area contributed by atoms with Crippen LogP contribution in [-0.2, 0) is 0 Å². The number of nitrogens with one attached hydrogen (secondary N) is 1. The maximum atomic E-state index is 6.17. The van der Waals surface area contributed by atoms with Gasteiger partial charge in [0.1, 0.15) is 12.1 Å². The molecule has 14 heavy (non-hydrogen) atoms. The van der Waals surface area contributed by atoms with Gasteiger partial charge in [0.15, 0.2) is 0 Å². The zero-order valence-corrected chi connectivity index (χ0v) is 10.5. The molecule has 0 bridgehead atoms. The highest BCUT2D eigenvalue weighted by atomic mass is 127. The SMILES string of the molecule is ClC1CCCC1Nc1ncncc1I. The molecule has 1 saturated carbocycles. The first kappa shape index (κ1) is 10.4. The van der Waals surface area contributed by atoms with Crippen LogP contribution < -0.4 is 5.32 Å². The van der Waals surface area contributed by atoms with Gasteiger partial charge in [0.25, 0.3) is 0 Å². The highest BCUT2D eigenvalue weighted by Crippen LogP contribution is 2.27. The van der Waals surface area contributed by atoms with Crippen LogP contribution in [0.1, 0.15) is 19.3 Å². The molecule has 3 nitrogen and oxygen atoms in total. The molecule has 0 aromatic carbocycles. The number of halogens is 2. The predicted molar refractivity (Wildman–Crippen MR) is 65.7 cm³/mol. The molecule has 1 N–H and O–H groups in total. The van der Waals surface area contributed by atoms with E-state index in [1.807, 2.05) is 0 Å². The van der Waals surface area contributed by atoms with E-state index >= 15 is 0 Å². The Hall–Kier alpha value is -0.100. The van der Waals surface area contributed by atoms with Gasteiger partial charge in [-0.25, -0.2) is 9.97 Å². The van der Waals surface area contributed by atoms with E-state index in [1.165, 1.54) is 6.42 Å². The molecular formula is C9H11ClIN3. The van der Waals surface area contributed by atoms with Crippen LogP contribution in [0.5, 0.6) is 0 Å². The van der Waals surface area contributed by atoms with Gasteiger partial charge >= 0.3 is 0 Å². The van der Waals surface area contributed by atoms with Crippen LogP contribution in [0.15, 0.2) is 12.5 Å². The van der Waals surface area contributed by atoms with Gasteiger partial charge in [0, 0.05) is 12.2 Å². The molecule has 0 saturated heterocycles. The van der Waals surface area contributed by atoms with E-state index in [9.17, 15) is 0 Å². The summed E-state index contributed by atoms with van der Waals surface area (Å²) in [5, 5.41) is 3.61. The number of alkyl halides is 1. The van der Waals surface area contributed by atoms with Gasteiger partial charge in [0.05, 0.1) is 8.95 Å². The van der Waals surface area contributed by atoms with Crippen molar-refractivity contribution in [2.75, 3.05) is 5.32 Å². The van der Waals surface area contributed by atoms with Gasteiger partial charge in [-0.05, 0) is 41.9 Å². The molecule has 1 aliphatic rings. The first-order chi connectivity index (χ1) is 6.77.